The lowest BCUT2D eigenvalue weighted by Gasteiger charge is -2.03. The van der Waals surface area contributed by atoms with Crippen molar-refractivity contribution >= 4 is 22.3 Å². The van der Waals surface area contributed by atoms with E-state index in [1.165, 1.54) is 17.7 Å². The molecule has 78 valence electrons. The molecule has 0 unspecified atom stereocenters. The van der Waals surface area contributed by atoms with E-state index < -0.39 is 0 Å². The standard InChI is InChI=1S/C10H15NO2S/c1-8-5-7-14-10(8)11-6-3-4-9(12)13-2/h5,7,11H,3-4,6H2,1-2H3. The van der Waals surface area contributed by atoms with Gasteiger partial charge in [-0.2, -0.15) is 0 Å². The first-order chi connectivity index (χ1) is 6.74. The van der Waals surface area contributed by atoms with Gasteiger partial charge in [0.05, 0.1) is 12.1 Å². The van der Waals surface area contributed by atoms with E-state index in [0.717, 1.165) is 13.0 Å². The van der Waals surface area contributed by atoms with Gasteiger partial charge < -0.3 is 10.1 Å². The van der Waals surface area contributed by atoms with Gasteiger partial charge in [0.25, 0.3) is 0 Å². The SMILES string of the molecule is COC(=O)CCCNc1sccc1C. The van der Waals surface area contributed by atoms with Gasteiger partial charge in [0.2, 0.25) is 0 Å². The Morgan fingerprint density at radius 3 is 3.00 bits per heavy atom. The van der Waals surface area contributed by atoms with E-state index in [1.54, 1.807) is 11.3 Å². The fourth-order valence-corrected chi connectivity index (χ4v) is 1.94. The van der Waals surface area contributed by atoms with Crippen molar-refractivity contribution in [2.24, 2.45) is 0 Å². The predicted molar refractivity (Wildman–Crippen MR) is 58.8 cm³/mol. The quantitative estimate of drug-likeness (QED) is 0.603. The van der Waals surface area contributed by atoms with Crippen molar-refractivity contribution in [3.05, 3.63) is 17.0 Å². The number of thiophene rings is 1. The minimum Gasteiger partial charge on any atom is -0.469 e. The molecule has 14 heavy (non-hydrogen) atoms. The number of hydrogen-bond donors (Lipinski definition) is 1. The fourth-order valence-electron chi connectivity index (χ4n) is 1.09. The number of hydrogen-bond acceptors (Lipinski definition) is 4. The summed E-state index contributed by atoms with van der Waals surface area (Å²) in [6.45, 7) is 2.88. The largest absolute Gasteiger partial charge is 0.469 e. The van der Waals surface area contributed by atoms with Crippen LogP contribution in [0.3, 0.4) is 0 Å². The molecule has 0 amide bonds. The molecular formula is C10H15NO2S. The Bertz CT molecular complexity index is 296. The number of rotatable bonds is 5. The third kappa shape index (κ3) is 3.38. The Morgan fingerprint density at radius 1 is 1.64 bits per heavy atom. The number of nitrogens with one attached hydrogen (secondary N) is 1. The molecule has 0 spiro atoms. The summed E-state index contributed by atoms with van der Waals surface area (Å²) in [7, 11) is 1.42. The summed E-state index contributed by atoms with van der Waals surface area (Å²) in [4.78, 5) is 10.8. The molecule has 0 aliphatic carbocycles. The van der Waals surface area contributed by atoms with E-state index >= 15 is 0 Å². The van der Waals surface area contributed by atoms with E-state index in [-0.39, 0.29) is 5.97 Å². The molecule has 0 saturated carbocycles. The highest BCUT2D eigenvalue weighted by molar-refractivity contribution is 7.14. The van der Waals surface area contributed by atoms with Gasteiger partial charge in [-0.1, -0.05) is 0 Å². The molecule has 1 aromatic rings. The molecule has 1 heterocycles. The topological polar surface area (TPSA) is 38.3 Å². The average Bonchev–Trinajstić information content (AvgIpc) is 2.58. The molecule has 0 aromatic carbocycles. The molecule has 0 atom stereocenters. The smallest absolute Gasteiger partial charge is 0.305 e. The molecule has 0 aliphatic heterocycles. The number of carbonyl (C=O) groups is 1. The minimum atomic E-state index is -0.144. The lowest BCUT2D eigenvalue weighted by Crippen LogP contribution is -2.06. The van der Waals surface area contributed by atoms with Crippen LogP contribution in [0.2, 0.25) is 0 Å². The Kier molecular flexibility index (Phi) is 4.46. The highest BCUT2D eigenvalue weighted by Crippen LogP contribution is 2.21. The number of anilines is 1. The zero-order valence-corrected chi connectivity index (χ0v) is 9.32. The second-order valence-electron chi connectivity index (χ2n) is 3.04. The molecule has 0 bridgehead atoms. The van der Waals surface area contributed by atoms with Gasteiger partial charge >= 0.3 is 5.97 Å². The van der Waals surface area contributed by atoms with Crippen LogP contribution in [0.5, 0.6) is 0 Å². The molecule has 0 radical (unpaired) electrons. The Hall–Kier alpha value is -1.03. The van der Waals surface area contributed by atoms with E-state index in [2.05, 4.69) is 28.4 Å². The second kappa shape index (κ2) is 5.65. The number of ether oxygens (including phenoxy) is 1. The maximum Gasteiger partial charge on any atom is 0.305 e. The van der Waals surface area contributed by atoms with E-state index in [9.17, 15) is 4.79 Å². The lowest BCUT2D eigenvalue weighted by molar-refractivity contribution is -0.140. The number of carbonyl (C=O) groups excluding carboxylic acids is 1. The van der Waals surface area contributed by atoms with Gasteiger partial charge in [-0.05, 0) is 30.4 Å². The molecule has 0 fully saturated rings. The van der Waals surface area contributed by atoms with Crippen molar-refractivity contribution in [3.8, 4) is 0 Å². The summed E-state index contributed by atoms with van der Waals surface area (Å²) in [5.41, 5.74) is 1.26. The highest BCUT2D eigenvalue weighted by Gasteiger charge is 2.01. The van der Waals surface area contributed by atoms with Crippen molar-refractivity contribution in [2.75, 3.05) is 19.0 Å². The first-order valence-corrected chi connectivity index (χ1v) is 5.47. The van der Waals surface area contributed by atoms with Gasteiger partial charge in [0.15, 0.2) is 0 Å². The first kappa shape index (κ1) is 11.0. The van der Waals surface area contributed by atoms with Gasteiger partial charge in [-0.25, -0.2) is 0 Å². The van der Waals surface area contributed by atoms with Gasteiger partial charge in [0.1, 0.15) is 0 Å². The summed E-state index contributed by atoms with van der Waals surface area (Å²) in [5, 5.41) is 6.53. The van der Waals surface area contributed by atoms with Crippen molar-refractivity contribution in [1.29, 1.82) is 0 Å². The molecular weight excluding hydrogens is 198 g/mol. The summed E-state index contributed by atoms with van der Waals surface area (Å²) in [6, 6.07) is 2.08. The van der Waals surface area contributed by atoms with Crippen molar-refractivity contribution in [3.63, 3.8) is 0 Å². The molecule has 1 N–H and O–H groups in total. The molecule has 4 heteroatoms. The van der Waals surface area contributed by atoms with Crippen molar-refractivity contribution in [2.45, 2.75) is 19.8 Å². The van der Waals surface area contributed by atoms with Crippen molar-refractivity contribution < 1.29 is 9.53 Å². The fraction of sp³-hybridized carbons (Fsp3) is 0.500. The van der Waals surface area contributed by atoms with Crippen LogP contribution in [-0.2, 0) is 9.53 Å². The minimum absolute atomic E-state index is 0.144. The predicted octanol–water partition coefficient (Wildman–Crippen LogP) is 2.42. The van der Waals surface area contributed by atoms with Crippen molar-refractivity contribution in [1.82, 2.24) is 0 Å². The molecule has 1 rings (SSSR count). The van der Waals surface area contributed by atoms with Crippen LogP contribution in [0.15, 0.2) is 11.4 Å². The number of aryl methyl sites for hydroxylation is 1. The van der Waals surface area contributed by atoms with Crippen LogP contribution < -0.4 is 5.32 Å². The maximum absolute atomic E-state index is 10.8. The second-order valence-corrected chi connectivity index (χ2v) is 3.96. The highest BCUT2D eigenvalue weighted by atomic mass is 32.1. The monoisotopic (exact) mass is 213 g/mol. The molecule has 3 nitrogen and oxygen atoms in total. The zero-order chi connectivity index (χ0) is 10.4. The zero-order valence-electron chi connectivity index (χ0n) is 8.50. The van der Waals surface area contributed by atoms with Crippen LogP contribution in [0, 0.1) is 6.92 Å². The number of methoxy groups -OCH3 is 1. The number of esters is 1. The maximum atomic E-state index is 10.8. The Morgan fingerprint density at radius 2 is 2.43 bits per heavy atom. The third-order valence-electron chi connectivity index (χ3n) is 1.93. The normalized spacial score (nSPS) is 9.86. The summed E-state index contributed by atoms with van der Waals surface area (Å²) < 4.78 is 4.55. The lowest BCUT2D eigenvalue weighted by atomic mass is 10.3. The van der Waals surface area contributed by atoms with Crippen LogP contribution in [-0.4, -0.2) is 19.6 Å². The Labute approximate surface area is 88.1 Å². The summed E-state index contributed by atoms with van der Waals surface area (Å²) in [6.07, 6.45) is 1.29. The Balaban J connectivity index is 2.16. The van der Waals surface area contributed by atoms with Crippen LogP contribution in [0.25, 0.3) is 0 Å². The van der Waals surface area contributed by atoms with Crippen LogP contribution in [0.1, 0.15) is 18.4 Å². The van der Waals surface area contributed by atoms with E-state index in [0.29, 0.717) is 6.42 Å². The molecule has 0 aliphatic rings. The summed E-state index contributed by atoms with van der Waals surface area (Å²) in [5.74, 6) is -0.144. The molecule has 0 saturated heterocycles. The van der Waals surface area contributed by atoms with E-state index in [1.807, 2.05) is 0 Å². The third-order valence-corrected chi connectivity index (χ3v) is 2.91. The summed E-state index contributed by atoms with van der Waals surface area (Å²) >= 11 is 1.69. The average molecular weight is 213 g/mol. The van der Waals surface area contributed by atoms with Gasteiger partial charge in [0, 0.05) is 13.0 Å². The first-order valence-electron chi connectivity index (χ1n) is 4.59. The van der Waals surface area contributed by atoms with Gasteiger partial charge in [-0.3, -0.25) is 4.79 Å². The van der Waals surface area contributed by atoms with E-state index in [4.69, 9.17) is 0 Å². The van der Waals surface area contributed by atoms with Crippen LogP contribution in [0.4, 0.5) is 5.00 Å². The van der Waals surface area contributed by atoms with Gasteiger partial charge in [-0.15, -0.1) is 11.3 Å². The molecule has 1 aromatic heterocycles. The van der Waals surface area contributed by atoms with Crippen LogP contribution >= 0.6 is 11.3 Å².